The SMILES string of the molecule is Cc1c(NN)nc(C(C)(C)C)nc1NC(C)CC(C)C. The van der Waals surface area contributed by atoms with E-state index in [0.717, 1.165) is 23.6 Å². The summed E-state index contributed by atoms with van der Waals surface area (Å²) in [5, 5.41) is 3.48. The molecule has 5 nitrogen and oxygen atoms in total. The van der Waals surface area contributed by atoms with Crippen LogP contribution in [0.2, 0.25) is 0 Å². The van der Waals surface area contributed by atoms with Crippen molar-refractivity contribution in [3.05, 3.63) is 11.4 Å². The molecule has 0 saturated carbocycles. The van der Waals surface area contributed by atoms with Gasteiger partial charge in [0.2, 0.25) is 0 Å². The summed E-state index contributed by atoms with van der Waals surface area (Å²) >= 11 is 0. The van der Waals surface area contributed by atoms with E-state index in [9.17, 15) is 0 Å². The molecule has 0 aliphatic heterocycles. The van der Waals surface area contributed by atoms with Crippen molar-refractivity contribution in [3.63, 3.8) is 0 Å². The smallest absolute Gasteiger partial charge is 0.148 e. The Morgan fingerprint density at radius 2 is 1.65 bits per heavy atom. The standard InChI is InChI=1S/C15H29N5/c1-9(2)8-10(3)17-12-11(4)13(20-16)19-14(18-12)15(5,6)7/h9-10H,8,16H2,1-7H3,(H2,17,18,19,20). The number of nitrogens with zero attached hydrogens (tertiary/aromatic N) is 2. The van der Waals surface area contributed by atoms with E-state index >= 15 is 0 Å². The minimum absolute atomic E-state index is 0.114. The van der Waals surface area contributed by atoms with E-state index in [4.69, 9.17) is 5.84 Å². The predicted molar refractivity (Wildman–Crippen MR) is 85.8 cm³/mol. The summed E-state index contributed by atoms with van der Waals surface area (Å²) in [5.74, 6) is 8.56. The zero-order chi connectivity index (χ0) is 15.5. The van der Waals surface area contributed by atoms with Crippen LogP contribution in [0.3, 0.4) is 0 Å². The quantitative estimate of drug-likeness (QED) is 0.570. The first-order valence-electron chi connectivity index (χ1n) is 7.27. The molecule has 1 heterocycles. The third kappa shape index (κ3) is 4.34. The number of hydrogen-bond acceptors (Lipinski definition) is 5. The molecule has 0 amide bonds. The lowest BCUT2D eigenvalue weighted by Gasteiger charge is -2.23. The van der Waals surface area contributed by atoms with Crippen LogP contribution in [0, 0.1) is 12.8 Å². The van der Waals surface area contributed by atoms with Gasteiger partial charge in [-0.15, -0.1) is 0 Å². The van der Waals surface area contributed by atoms with Crippen LogP contribution < -0.4 is 16.6 Å². The highest BCUT2D eigenvalue weighted by Gasteiger charge is 2.21. The average molecular weight is 279 g/mol. The van der Waals surface area contributed by atoms with Gasteiger partial charge in [0.15, 0.2) is 0 Å². The van der Waals surface area contributed by atoms with E-state index in [1.165, 1.54) is 0 Å². The fourth-order valence-electron chi connectivity index (χ4n) is 2.13. The highest BCUT2D eigenvalue weighted by Crippen LogP contribution is 2.26. The number of nitrogens with one attached hydrogen (secondary N) is 2. The minimum Gasteiger partial charge on any atom is -0.367 e. The molecular weight excluding hydrogens is 250 g/mol. The van der Waals surface area contributed by atoms with Gasteiger partial charge in [-0.3, -0.25) is 0 Å². The van der Waals surface area contributed by atoms with E-state index in [2.05, 4.69) is 62.3 Å². The molecule has 0 spiro atoms. The Morgan fingerprint density at radius 1 is 1.10 bits per heavy atom. The van der Waals surface area contributed by atoms with Crippen molar-refractivity contribution in [1.82, 2.24) is 9.97 Å². The van der Waals surface area contributed by atoms with Crippen LogP contribution in [0.25, 0.3) is 0 Å². The van der Waals surface area contributed by atoms with Gasteiger partial charge in [0.1, 0.15) is 17.5 Å². The molecule has 1 atom stereocenters. The first-order chi connectivity index (χ1) is 9.15. The van der Waals surface area contributed by atoms with E-state index in [1.54, 1.807) is 0 Å². The van der Waals surface area contributed by atoms with Crippen molar-refractivity contribution < 1.29 is 0 Å². The summed E-state index contributed by atoms with van der Waals surface area (Å²) in [4.78, 5) is 9.19. The maximum atomic E-state index is 5.58. The summed E-state index contributed by atoms with van der Waals surface area (Å²) in [6.45, 7) is 14.9. The molecule has 0 bridgehead atoms. The average Bonchev–Trinajstić information content (AvgIpc) is 2.29. The summed E-state index contributed by atoms with van der Waals surface area (Å²) in [5.41, 5.74) is 3.51. The summed E-state index contributed by atoms with van der Waals surface area (Å²) in [6, 6.07) is 0.363. The summed E-state index contributed by atoms with van der Waals surface area (Å²) < 4.78 is 0. The number of rotatable bonds is 5. The summed E-state index contributed by atoms with van der Waals surface area (Å²) in [6.07, 6.45) is 1.10. The minimum atomic E-state index is -0.114. The molecule has 0 fully saturated rings. The molecular formula is C15H29N5. The van der Waals surface area contributed by atoms with Crippen LogP contribution in [0.4, 0.5) is 11.6 Å². The number of nitrogen functional groups attached to an aromatic ring is 1. The Kier molecular flexibility index (Phi) is 5.34. The predicted octanol–water partition coefficient (Wildman–Crippen LogP) is 3.21. The van der Waals surface area contributed by atoms with Crippen LogP contribution in [-0.4, -0.2) is 16.0 Å². The monoisotopic (exact) mass is 279 g/mol. The van der Waals surface area contributed by atoms with Gasteiger partial charge in [-0.1, -0.05) is 34.6 Å². The molecule has 0 radical (unpaired) electrons. The molecule has 1 unspecified atom stereocenters. The lowest BCUT2D eigenvalue weighted by Crippen LogP contribution is -2.24. The van der Waals surface area contributed by atoms with Crippen molar-refractivity contribution in [1.29, 1.82) is 0 Å². The second kappa shape index (κ2) is 6.39. The zero-order valence-corrected chi connectivity index (χ0v) is 13.8. The van der Waals surface area contributed by atoms with Gasteiger partial charge >= 0.3 is 0 Å². The Hall–Kier alpha value is -1.36. The van der Waals surface area contributed by atoms with Gasteiger partial charge in [0, 0.05) is 17.0 Å². The van der Waals surface area contributed by atoms with Crippen molar-refractivity contribution in [3.8, 4) is 0 Å². The van der Waals surface area contributed by atoms with Gasteiger partial charge in [0.25, 0.3) is 0 Å². The molecule has 0 saturated heterocycles. The zero-order valence-electron chi connectivity index (χ0n) is 13.8. The largest absolute Gasteiger partial charge is 0.367 e. The van der Waals surface area contributed by atoms with Crippen LogP contribution in [0.15, 0.2) is 0 Å². The Balaban J connectivity index is 3.11. The summed E-state index contributed by atoms with van der Waals surface area (Å²) in [7, 11) is 0. The van der Waals surface area contributed by atoms with Crippen molar-refractivity contribution in [2.24, 2.45) is 11.8 Å². The maximum absolute atomic E-state index is 5.58. The molecule has 0 aromatic carbocycles. The van der Waals surface area contributed by atoms with Gasteiger partial charge in [-0.25, -0.2) is 15.8 Å². The molecule has 5 heteroatoms. The first-order valence-corrected chi connectivity index (χ1v) is 7.27. The normalized spacial score (nSPS) is 13.4. The fourth-order valence-corrected chi connectivity index (χ4v) is 2.13. The second-order valence-electron chi connectivity index (χ2n) is 6.94. The maximum Gasteiger partial charge on any atom is 0.148 e. The number of aromatic nitrogens is 2. The molecule has 20 heavy (non-hydrogen) atoms. The second-order valence-corrected chi connectivity index (χ2v) is 6.94. The van der Waals surface area contributed by atoms with Gasteiger partial charge in [0.05, 0.1) is 0 Å². The van der Waals surface area contributed by atoms with E-state index in [1.807, 2.05) is 6.92 Å². The number of nitrogens with two attached hydrogens (primary N) is 1. The highest BCUT2D eigenvalue weighted by atomic mass is 15.3. The van der Waals surface area contributed by atoms with E-state index in [0.29, 0.717) is 17.8 Å². The van der Waals surface area contributed by atoms with Gasteiger partial charge in [-0.05, 0) is 26.2 Å². The topological polar surface area (TPSA) is 75.9 Å². The fraction of sp³-hybridized carbons (Fsp3) is 0.733. The Morgan fingerprint density at radius 3 is 2.10 bits per heavy atom. The van der Waals surface area contributed by atoms with Gasteiger partial charge in [-0.2, -0.15) is 0 Å². The van der Waals surface area contributed by atoms with Crippen LogP contribution >= 0.6 is 0 Å². The number of hydrogen-bond donors (Lipinski definition) is 3. The molecule has 0 aliphatic carbocycles. The molecule has 1 aromatic rings. The molecule has 114 valence electrons. The van der Waals surface area contributed by atoms with Crippen LogP contribution in [-0.2, 0) is 5.41 Å². The number of hydrazine groups is 1. The van der Waals surface area contributed by atoms with Gasteiger partial charge < -0.3 is 10.7 Å². The third-order valence-electron chi connectivity index (χ3n) is 3.16. The Labute approximate surface area is 122 Å². The first kappa shape index (κ1) is 16.7. The van der Waals surface area contributed by atoms with E-state index in [-0.39, 0.29) is 5.41 Å². The molecule has 1 aromatic heterocycles. The van der Waals surface area contributed by atoms with E-state index < -0.39 is 0 Å². The number of anilines is 2. The lowest BCUT2D eigenvalue weighted by atomic mass is 9.95. The highest BCUT2D eigenvalue weighted by molar-refractivity contribution is 5.57. The van der Waals surface area contributed by atoms with Crippen LogP contribution in [0.1, 0.15) is 59.4 Å². The molecule has 1 rings (SSSR count). The molecule has 0 aliphatic rings. The van der Waals surface area contributed by atoms with Crippen molar-refractivity contribution >= 4 is 11.6 Å². The van der Waals surface area contributed by atoms with Crippen molar-refractivity contribution in [2.45, 2.75) is 66.3 Å². The van der Waals surface area contributed by atoms with Crippen LogP contribution in [0.5, 0.6) is 0 Å². The lowest BCUT2D eigenvalue weighted by molar-refractivity contribution is 0.531. The molecule has 4 N–H and O–H groups in total. The van der Waals surface area contributed by atoms with Crippen molar-refractivity contribution in [2.75, 3.05) is 10.7 Å². The Bertz CT molecular complexity index is 448. The third-order valence-corrected chi connectivity index (χ3v) is 3.16.